The van der Waals surface area contributed by atoms with Gasteiger partial charge in [0.15, 0.2) is 0 Å². The molecule has 0 bridgehead atoms. The third-order valence-electron chi connectivity index (χ3n) is 5.00. The summed E-state index contributed by atoms with van der Waals surface area (Å²) in [6, 6.07) is 9.15. The van der Waals surface area contributed by atoms with Crippen molar-refractivity contribution < 1.29 is 14.3 Å². The second-order valence-corrected chi connectivity index (χ2v) is 12.7. The van der Waals surface area contributed by atoms with Crippen molar-refractivity contribution in [3.63, 3.8) is 0 Å². The molecule has 0 aliphatic heterocycles. The van der Waals surface area contributed by atoms with E-state index >= 15 is 0 Å². The number of aromatic nitrogens is 1. The average molecular weight is 575 g/mol. The number of fused-ring (bicyclic) bond motifs is 1. The van der Waals surface area contributed by atoms with Gasteiger partial charge in [-0.3, -0.25) is 4.79 Å². The van der Waals surface area contributed by atoms with Crippen LogP contribution in [-0.2, 0) is 27.2 Å². The Morgan fingerprint density at radius 1 is 1.03 bits per heavy atom. The summed E-state index contributed by atoms with van der Waals surface area (Å²) in [6.07, 6.45) is 2.59. The minimum absolute atomic E-state index is 0.124. The molecule has 0 aliphatic rings. The Hall–Kier alpha value is -0.501. The Morgan fingerprint density at radius 3 is 2.45 bits per heavy atom. The van der Waals surface area contributed by atoms with Crippen LogP contribution in [0, 0.1) is 4.64 Å². The van der Waals surface area contributed by atoms with Crippen molar-refractivity contribution in [3.8, 4) is 0 Å². The minimum atomic E-state index is -0.124. The summed E-state index contributed by atoms with van der Waals surface area (Å²) >= 11 is 9.92. The van der Waals surface area contributed by atoms with Crippen LogP contribution in [0.3, 0.4) is 0 Å². The van der Waals surface area contributed by atoms with Crippen molar-refractivity contribution in [2.24, 2.45) is 0 Å². The fourth-order valence-electron chi connectivity index (χ4n) is 3.26. The van der Waals surface area contributed by atoms with E-state index in [1.165, 1.54) is 26.2 Å². The number of nitrogens with zero attached hydrogens (tertiary/aromatic N) is 1. The van der Waals surface area contributed by atoms with E-state index in [0.717, 1.165) is 60.3 Å². The van der Waals surface area contributed by atoms with Crippen LogP contribution in [0.2, 0.25) is 5.32 Å². The molecule has 2 rings (SSSR count). The van der Waals surface area contributed by atoms with Gasteiger partial charge in [0.2, 0.25) is 0 Å². The number of carbonyl (C=O) groups excluding carboxylic acids is 1. The molecule has 0 saturated carbocycles. The van der Waals surface area contributed by atoms with Gasteiger partial charge in [0, 0.05) is 6.42 Å². The molecule has 0 aliphatic carbocycles. The van der Waals surface area contributed by atoms with E-state index in [-0.39, 0.29) is 5.97 Å². The normalized spacial score (nSPS) is 11.2. The molecule has 8 heteroatoms. The first-order chi connectivity index (χ1) is 16.1. The third-order valence-corrected chi connectivity index (χ3v) is 10.0. The Balaban J connectivity index is 1.67. The quantitative estimate of drug-likeness (QED) is 0.107. The van der Waals surface area contributed by atoms with Crippen molar-refractivity contribution in [1.29, 1.82) is 0 Å². The van der Waals surface area contributed by atoms with Gasteiger partial charge in [-0.05, 0) is 0 Å². The van der Waals surface area contributed by atoms with Crippen LogP contribution < -0.4 is 4.46 Å². The Labute approximate surface area is 219 Å². The van der Waals surface area contributed by atoms with Crippen molar-refractivity contribution in [2.45, 2.75) is 51.9 Å². The summed E-state index contributed by atoms with van der Waals surface area (Å²) in [7, 11) is 0. The molecule has 0 atom stereocenters. The van der Waals surface area contributed by atoms with Gasteiger partial charge in [-0.15, -0.1) is 0 Å². The second kappa shape index (κ2) is 17.0. The predicted octanol–water partition coefficient (Wildman–Crippen LogP) is 5.53. The molecule has 0 amide bonds. The summed E-state index contributed by atoms with van der Waals surface area (Å²) in [5.74, 6) is 3.85. The average Bonchev–Trinajstić information content (AvgIpc) is 2.83. The molecule has 2 aromatic rings. The predicted molar refractivity (Wildman–Crippen MR) is 149 cm³/mol. The van der Waals surface area contributed by atoms with Gasteiger partial charge in [-0.25, -0.2) is 0 Å². The molecule has 33 heavy (non-hydrogen) atoms. The SMILES string of the molecule is CCCn1c(=S)cc([Se]CCSCCOCCSCCOC(=O)CC)c2ccc(CC)cc21. The van der Waals surface area contributed by atoms with E-state index < -0.39 is 0 Å². The third kappa shape index (κ3) is 10.3. The van der Waals surface area contributed by atoms with Crippen LogP contribution in [0.4, 0.5) is 0 Å². The molecule has 0 N–H and O–H groups in total. The molecule has 0 unspecified atom stereocenters. The summed E-state index contributed by atoms with van der Waals surface area (Å²) in [5.41, 5.74) is 2.68. The first kappa shape index (κ1) is 28.7. The number of benzene rings is 1. The van der Waals surface area contributed by atoms with Crippen LogP contribution >= 0.6 is 35.7 Å². The van der Waals surface area contributed by atoms with E-state index in [4.69, 9.17) is 21.7 Å². The number of thioether (sulfide) groups is 2. The van der Waals surface area contributed by atoms with E-state index in [2.05, 4.69) is 42.7 Å². The number of hydrogen-bond acceptors (Lipinski definition) is 6. The van der Waals surface area contributed by atoms with Gasteiger partial charge in [-0.2, -0.15) is 0 Å². The molecule has 1 aromatic carbocycles. The number of esters is 1. The Kier molecular flexibility index (Phi) is 14.8. The molecule has 1 aromatic heterocycles. The Bertz CT molecular complexity index is 920. The molecule has 0 saturated heterocycles. The van der Waals surface area contributed by atoms with Crippen molar-refractivity contribution in [1.82, 2.24) is 4.57 Å². The molecule has 0 spiro atoms. The van der Waals surface area contributed by atoms with E-state index in [0.29, 0.717) is 28.0 Å². The maximum absolute atomic E-state index is 11.0. The van der Waals surface area contributed by atoms with E-state index in [1.807, 2.05) is 18.7 Å². The summed E-state index contributed by atoms with van der Waals surface area (Å²) in [4.78, 5) is 11.0. The first-order valence-corrected chi connectivity index (χ1v) is 16.6. The van der Waals surface area contributed by atoms with Crippen LogP contribution in [0.5, 0.6) is 0 Å². The first-order valence-electron chi connectivity index (χ1n) is 11.8. The molecular weight excluding hydrogens is 537 g/mol. The van der Waals surface area contributed by atoms with Crippen molar-refractivity contribution in [3.05, 3.63) is 34.5 Å². The zero-order valence-corrected chi connectivity index (χ0v) is 24.3. The van der Waals surface area contributed by atoms with Crippen LogP contribution in [0.25, 0.3) is 10.9 Å². The zero-order chi connectivity index (χ0) is 23.9. The molecule has 4 nitrogen and oxygen atoms in total. The standard InChI is InChI=1S/C25H37NO3S3Se/c1-4-9-26-22-18-20(5-2)7-8-21(22)23(19-24(26)30)33-17-16-32-14-11-28-10-13-31-15-12-29-25(27)6-3/h7-8,18-19H,4-6,9-17H2,1-3H3. The van der Waals surface area contributed by atoms with E-state index in [9.17, 15) is 4.79 Å². The molecule has 0 radical (unpaired) electrons. The second-order valence-electron chi connectivity index (χ2n) is 7.46. The van der Waals surface area contributed by atoms with Crippen molar-refractivity contribution >= 4 is 72.0 Å². The summed E-state index contributed by atoms with van der Waals surface area (Å²) < 4.78 is 15.5. The van der Waals surface area contributed by atoms with Gasteiger partial charge in [0.25, 0.3) is 0 Å². The molecular formula is C25H37NO3S3Se. The topological polar surface area (TPSA) is 40.5 Å². The fraction of sp³-hybridized carbons (Fsp3) is 0.600. The molecule has 184 valence electrons. The monoisotopic (exact) mass is 575 g/mol. The maximum atomic E-state index is 11.0. The number of hydrogen-bond donors (Lipinski definition) is 0. The Morgan fingerprint density at radius 2 is 1.76 bits per heavy atom. The number of pyridine rings is 1. The molecule has 1 heterocycles. The van der Waals surface area contributed by atoms with Gasteiger partial charge in [0.1, 0.15) is 0 Å². The van der Waals surface area contributed by atoms with Gasteiger partial charge < -0.3 is 0 Å². The van der Waals surface area contributed by atoms with Gasteiger partial charge in [0.05, 0.1) is 0 Å². The number of ether oxygens (including phenoxy) is 2. The van der Waals surface area contributed by atoms with Gasteiger partial charge in [-0.1, -0.05) is 6.92 Å². The van der Waals surface area contributed by atoms with Crippen LogP contribution in [0.1, 0.15) is 39.2 Å². The number of aryl methyl sites for hydroxylation is 2. The van der Waals surface area contributed by atoms with Crippen molar-refractivity contribution in [2.75, 3.05) is 42.8 Å². The van der Waals surface area contributed by atoms with Gasteiger partial charge >= 0.3 is 202 Å². The molecule has 0 fully saturated rings. The van der Waals surface area contributed by atoms with E-state index in [1.54, 1.807) is 11.8 Å². The zero-order valence-electron chi connectivity index (χ0n) is 20.1. The number of rotatable bonds is 17. The van der Waals surface area contributed by atoms with Crippen LogP contribution in [0.15, 0.2) is 24.3 Å². The summed E-state index contributed by atoms with van der Waals surface area (Å²) in [6.45, 7) is 9.26. The number of carbonyl (C=O) groups is 1. The van der Waals surface area contributed by atoms with Crippen LogP contribution in [-0.4, -0.2) is 68.3 Å². The summed E-state index contributed by atoms with van der Waals surface area (Å²) in [5, 5.41) is 2.59. The fourth-order valence-corrected chi connectivity index (χ4v) is 7.84.